The van der Waals surface area contributed by atoms with E-state index in [4.69, 9.17) is 5.73 Å². The first-order chi connectivity index (χ1) is 9.24. The second-order valence-corrected chi connectivity index (χ2v) is 6.11. The van der Waals surface area contributed by atoms with Crippen LogP contribution in [0.15, 0.2) is 24.5 Å². The molecule has 2 N–H and O–H groups in total. The molecule has 0 spiro atoms. The highest BCUT2D eigenvalue weighted by Gasteiger charge is 2.30. The zero-order chi connectivity index (χ0) is 13.6. The first kappa shape index (κ1) is 14.5. The lowest BCUT2D eigenvalue weighted by atomic mass is 9.72. The van der Waals surface area contributed by atoms with Crippen molar-refractivity contribution in [1.82, 2.24) is 9.88 Å². The molecule has 19 heavy (non-hydrogen) atoms. The quantitative estimate of drug-likeness (QED) is 0.856. The monoisotopic (exact) mass is 261 g/mol. The van der Waals surface area contributed by atoms with E-state index in [1.54, 1.807) is 0 Å². The van der Waals surface area contributed by atoms with Crippen LogP contribution in [-0.2, 0) is 6.54 Å². The fourth-order valence-electron chi connectivity index (χ4n) is 3.17. The van der Waals surface area contributed by atoms with Crippen LogP contribution in [0.25, 0.3) is 0 Å². The van der Waals surface area contributed by atoms with Crippen LogP contribution < -0.4 is 5.73 Å². The zero-order valence-corrected chi connectivity index (χ0v) is 12.1. The molecule has 3 nitrogen and oxygen atoms in total. The first-order valence-electron chi connectivity index (χ1n) is 7.52. The van der Waals surface area contributed by atoms with Crippen LogP contribution in [0.4, 0.5) is 0 Å². The minimum atomic E-state index is 0.418. The van der Waals surface area contributed by atoms with Gasteiger partial charge in [0, 0.05) is 18.9 Å². The van der Waals surface area contributed by atoms with Crippen molar-refractivity contribution in [3.05, 3.63) is 30.1 Å². The molecule has 1 heterocycles. The summed E-state index contributed by atoms with van der Waals surface area (Å²) in [6.45, 7) is 2.97. The standard InChI is InChI=1S/C16H27N3/c1-19(13-15-6-5-10-18-12-15)11-9-16(14-17)7-3-2-4-8-16/h5-6,10,12H,2-4,7-9,11,13-14,17H2,1H3. The lowest BCUT2D eigenvalue weighted by Crippen LogP contribution is -2.36. The molecule has 0 aromatic carbocycles. The van der Waals surface area contributed by atoms with Crippen LogP contribution in [0.2, 0.25) is 0 Å². The number of rotatable bonds is 6. The molecule has 0 saturated heterocycles. The third kappa shape index (κ3) is 4.29. The molecule has 106 valence electrons. The molecular formula is C16H27N3. The maximum atomic E-state index is 6.05. The molecule has 2 rings (SSSR count). The highest BCUT2D eigenvalue weighted by Crippen LogP contribution is 2.38. The van der Waals surface area contributed by atoms with Crippen molar-refractivity contribution in [3.63, 3.8) is 0 Å². The lowest BCUT2D eigenvalue weighted by molar-refractivity contribution is 0.154. The summed E-state index contributed by atoms with van der Waals surface area (Å²) >= 11 is 0. The van der Waals surface area contributed by atoms with E-state index in [1.165, 1.54) is 44.1 Å². The second kappa shape index (κ2) is 7.01. The Labute approximate surface area is 117 Å². The highest BCUT2D eigenvalue weighted by molar-refractivity contribution is 5.07. The van der Waals surface area contributed by atoms with Crippen LogP contribution in [0, 0.1) is 5.41 Å². The minimum absolute atomic E-state index is 0.418. The summed E-state index contributed by atoms with van der Waals surface area (Å²) < 4.78 is 0. The predicted octanol–water partition coefficient (Wildman–Crippen LogP) is 2.81. The summed E-state index contributed by atoms with van der Waals surface area (Å²) in [5, 5.41) is 0. The molecule has 1 aromatic heterocycles. The molecule has 1 aliphatic rings. The smallest absolute Gasteiger partial charge is 0.0312 e. The fraction of sp³-hybridized carbons (Fsp3) is 0.688. The zero-order valence-electron chi connectivity index (χ0n) is 12.1. The predicted molar refractivity (Wildman–Crippen MR) is 79.8 cm³/mol. The van der Waals surface area contributed by atoms with Gasteiger partial charge in [-0.1, -0.05) is 25.3 Å². The van der Waals surface area contributed by atoms with Gasteiger partial charge in [-0.15, -0.1) is 0 Å². The van der Waals surface area contributed by atoms with Gasteiger partial charge >= 0.3 is 0 Å². The molecule has 1 fully saturated rings. The largest absolute Gasteiger partial charge is 0.330 e. The molecule has 0 amide bonds. The summed E-state index contributed by atoms with van der Waals surface area (Å²) in [6, 6.07) is 4.15. The van der Waals surface area contributed by atoms with Crippen molar-refractivity contribution >= 4 is 0 Å². The van der Waals surface area contributed by atoms with E-state index in [0.717, 1.165) is 19.6 Å². The van der Waals surface area contributed by atoms with Gasteiger partial charge in [0.05, 0.1) is 0 Å². The van der Waals surface area contributed by atoms with E-state index in [0.29, 0.717) is 5.41 Å². The summed E-state index contributed by atoms with van der Waals surface area (Å²) in [5.74, 6) is 0. The summed E-state index contributed by atoms with van der Waals surface area (Å²) in [4.78, 5) is 6.56. The van der Waals surface area contributed by atoms with Gasteiger partial charge < -0.3 is 10.6 Å². The van der Waals surface area contributed by atoms with Gasteiger partial charge in [0.2, 0.25) is 0 Å². The van der Waals surface area contributed by atoms with Crippen molar-refractivity contribution < 1.29 is 0 Å². The maximum Gasteiger partial charge on any atom is 0.0312 e. The topological polar surface area (TPSA) is 42.1 Å². The van der Waals surface area contributed by atoms with Crippen LogP contribution in [0.5, 0.6) is 0 Å². The van der Waals surface area contributed by atoms with Crippen LogP contribution in [0.3, 0.4) is 0 Å². The maximum absolute atomic E-state index is 6.05. The van der Waals surface area contributed by atoms with Crippen LogP contribution >= 0.6 is 0 Å². The summed E-state index contributed by atoms with van der Waals surface area (Å²) in [6.07, 6.45) is 11.8. The number of nitrogens with two attached hydrogens (primary N) is 1. The number of pyridine rings is 1. The van der Waals surface area contributed by atoms with Crippen molar-refractivity contribution in [2.45, 2.75) is 45.1 Å². The van der Waals surface area contributed by atoms with Crippen LogP contribution in [0.1, 0.15) is 44.1 Å². The Bertz CT molecular complexity index is 358. The molecular weight excluding hydrogens is 234 g/mol. The molecule has 0 bridgehead atoms. The Morgan fingerprint density at radius 3 is 2.74 bits per heavy atom. The normalized spacial score (nSPS) is 18.7. The molecule has 1 aliphatic carbocycles. The number of aromatic nitrogens is 1. The number of hydrogen-bond donors (Lipinski definition) is 1. The van der Waals surface area contributed by atoms with E-state index in [-0.39, 0.29) is 0 Å². The summed E-state index contributed by atoms with van der Waals surface area (Å²) in [7, 11) is 2.19. The summed E-state index contributed by atoms with van der Waals surface area (Å²) in [5.41, 5.74) is 7.75. The van der Waals surface area contributed by atoms with E-state index in [2.05, 4.69) is 23.0 Å². The third-order valence-electron chi connectivity index (χ3n) is 4.55. The van der Waals surface area contributed by atoms with Crippen LogP contribution in [-0.4, -0.2) is 30.0 Å². The molecule has 3 heteroatoms. The number of nitrogens with zero attached hydrogens (tertiary/aromatic N) is 2. The van der Waals surface area contributed by atoms with Gasteiger partial charge in [-0.05, 0) is 56.4 Å². The van der Waals surface area contributed by atoms with Crippen molar-refractivity contribution in [2.75, 3.05) is 20.1 Å². The molecule has 0 unspecified atom stereocenters. The van der Waals surface area contributed by atoms with Gasteiger partial charge in [0.25, 0.3) is 0 Å². The van der Waals surface area contributed by atoms with Crippen molar-refractivity contribution in [2.24, 2.45) is 11.1 Å². The molecule has 1 saturated carbocycles. The van der Waals surface area contributed by atoms with Gasteiger partial charge in [0.1, 0.15) is 0 Å². The van der Waals surface area contributed by atoms with Crippen molar-refractivity contribution in [1.29, 1.82) is 0 Å². The van der Waals surface area contributed by atoms with E-state index in [1.807, 2.05) is 18.5 Å². The van der Waals surface area contributed by atoms with Crippen molar-refractivity contribution in [3.8, 4) is 0 Å². The Morgan fingerprint density at radius 2 is 2.11 bits per heavy atom. The Hall–Kier alpha value is -0.930. The van der Waals surface area contributed by atoms with Gasteiger partial charge in [-0.3, -0.25) is 4.98 Å². The lowest BCUT2D eigenvalue weighted by Gasteiger charge is -2.37. The molecule has 1 aromatic rings. The Balaban J connectivity index is 1.80. The third-order valence-corrected chi connectivity index (χ3v) is 4.55. The average molecular weight is 261 g/mol. The molecule has 0 aliphatic heterocycles. The SMILES string of the molecule is CN(CCC1(CN)CCCCC1)Cc1cccnc1. The van der Waals surface area contributed by atoms with Gasteiger partial charge in [-0.2, -0.15) is 0 Å². The van der Waals surface area contributed by atoms with Gasteiger partial charge in [-0.25, -0.2) is 0 Å². The first-order valence-corrected chi connectivity index (χ1v) is 7.52. The number of hydrogen-bond acceptors (Lipinski definition) is 3. The second-order valence-electron chi connectivity index (χ2n) is 6.11. The van der Waals surface area contributed by atoms with Gasteiger partial charge in [0.15, 0.2) is 0 Å². The Morgan fingerprint density at radius 1 is 1.32 bits per heavy atom. The molecule has 0 radical (unpaired) electrons. The van der Waals surface area contributed by atoms with E-state index < -0.39 is 0 Å². The fourth-order valence-corrected chi connectivity index (χ4v) is 3.17. The minimum Gasteiger partial charge on any atom is -0.330 e. The average Bonchev–Trinajstić information content (AvgIpc) is 2.47. The van der Waals surface area contributed by atoms with E-state index in [9.17, 15) is 0 Å². The highest BCUT2D eigenvalue weighted by atomic mass is 15.1. The van der Waals surface area contributed by atoms with E-state index >= 15 is 0 Å². The Kier molecular flexibility index (Phi) is 5.34. The molecule has 0 atom stereocenters.